The fraction of sp³-hybridized carbons (Fsp3) is 0.125. The number of rotatable bonds is 3. The Morgan fingerprint density at radius 3 is 2.70 bits per heavy atom. The van der Waals surface area contributed by atoms with Gasteiger partial charge in [-0.3, -0.25) is 4.79 Å². The lowest BCUT2D eigenvalue weighted by Gasteiger charge is -2.09. The van der Waals surface area contributed by atoms with Gasteiger partial charge in [0.1, 0.15) is 17.2 Å². The number of ether oxygens (including phenoxy) is 2. The van der Waals surface area contributed by atoms with E-state index in [9.17, 15) is 13.6 Å². The van der Waals surface area contributed by atoms with Crippen LogP contribution in [0.3, 0.4) is 0 Å². The van der Waals surface area contributed by atoms with Gasteiger partial charge in [-0.2, -0.15) is 5.26 Å². The Bertz CT molecular complexity index is 808. The maximum atomic E-state index is 13.8. The molecule has 0 atom stereocenters. The van der Waals surface area contributed by atoms with E-state index >= 15 is 0 Å². The zero-order valence-electron chi connectivity index (χ0n) is 11.7. The second-order valence-corrected chi connectivity index (χ2v) is 4.76. The van der Waals surface area contributed by atoms with Crippen molar-refractivity contribution in [1.82, 2.24) is 5.32 Å². The number of hydrogen-bond donors (Lipinski definition) is 1. The summed E-state index contributed by atoms with van der Waals surface area (Å²) in [5, 5.41) is 11.1. The second-order valence-electron chi connectivity index (χ2n) is 4.76. The zero-order valence-corrected chi connectivity index (χ0v) is 11.7. The Labute approximate surface area is 130 Å². The van der Waals surface area contributed by atoms with Crippen LogP contribution in [-0.2, 0) is 6.54 Å². The molecule has 1 amide bonds. The van der Waals surface area contributed by atoms with Crippen LogP contribution in [0.15, 0.2) is 30.3 Å². The highest BCUT2D eigenvalue weighted by molar-refractivity contribution is 5.94. The molecule has 1 aliphatic rings. The summed E-state index contributed by atoms with van der Waals surface area (Å²) in [6.45, 7) is 0.101. The molecule has 0 aromatic heterocycles. The van der Waals surface area contributed by atoms with Crippen LogP contribution in [0.4, 0.5) is 8.78 Å². The quantitative estimate of drug-likeness (QED) is 0.944. The molecule has 0 saturated carbocycles. The van der Waals surface area contributed by atoms with Crippen molar-refractivity contribution in [3.63, 3.8) is 0 Å². The van der Waals surface area contributed by atoms with Crippen LogP contribution >= 0.6 is 0 Å². The van der Waals surface area contributed by atoms with Gasteiger partial charge in [0.25, 0.3) is 5.91 Å². The maximum absolute atomic E-state index is 13.8. The molecular weight excluding hydrogens is 306 g/mol. The first kappa shape index (κ1) is 14.8. The van der Waals surface area contributed by atoms with E-state index in [1.54, 1.807) is 24.3 Å². The number of fused-ring (bicyclic) bond motifs is 1. The molecule has 0 saturated heterocycles. The van der Waals surface area contributed by atoms with E-state index in [1.165, 1.54) is 0 Å². The van der Waals surface area contributed by atoms with Crippen molar-refractivity contribution in [1.29, 1.82) is 5.26 Å². The number of nitriles is 1. The molecule has 0 unspecified atom stereocenters. The minimum absolute atomic E-state index is 0.0181. The highest BCUT2D eigenvalue weighted by Gasteiger charge is 2.21. The summed E-state index contributed by atoms with van der Waals surface area (Å²) in [5.41, 5.74) is -0.292. The number of carbonyl (C=O) groups excluding carboxylic acids is 1. The lowest BCUT2D eigenvalue weighted by molar-refractivity contribution is 0.0942. The summed E-state index contributed by atoms with van der Waals surface area (Å²) in [4.78, 5) is 12.0. The molecule has 0 radical (unpaired) electrons. The number of amides is 1. The zero-order chi connectivity index (χ0) is 16.4. The van der Waals surface area contributed by atoms with Crippen LogP contribution in [0, 0.1) is 23.0 Å². The molecule has 1 heterocycles. The molecule has 3 rings (SSSR count). The van der Waals surface area contributed by atoms with Gasteiger partial charge in [-0.15, -0.1) is 0 Å². The fourth-order valence-electron chi connectivity index (χ4n) is 2.25. The van der Waals surface area contributed by atoms with E-state index in [0.29, 0.717) is 17.1 Å². The van der Waals surface area contributed by atoms with Crippen LogP contribution in [0.1, 0.15) is 21.5 Å². The van der Waals surface area contributed by atoms with Gasteiger partial charge in [-0.05, 0) is 18.2 Å². The van der Waals surface area contributed by atoms with E-state index < -0.39 is 23.1 Å². The second kappa shape index (κ2) is 5.93. The molecule has 2 aromatic rings. The molecule has 0 fully saturated rings. The molecule has 2 aromatic carbocycles. The van der Waals surface area contributed by atoms with Crippen LogP contribution in [0.25, 0.3) is 0 Å². The molecule has 23 heavy (non-hydrogen) atoms. The fourth-order valence-corrected chi connectivity index (χ4v) is 2.25. The average Bonchev–Trinajstić information content (AvgIpc) is 3.01. The predicted molar refractivity (Wildman–Crippen MR) is 74.8 cm³/mol. The van der Waals surface area contributed by atoms with Gasteiger partial charge in [0, 0.05) is 12.1 Å². The smallest absolute Gasteiger partial charge is 0.257 e. The first-order valence-electron chi connectivity index (χ1n) is 6.65. The van der Waals surface area contributed by atoms with Gasteiger partial charge in [-0.25, -0.2) is 8.78 Å². The topological polar surface area (TPSA) is 71.4 Å². The summed E-state index contributed by atoms with van der Waals surface area (Å²) in [5.74, 6) is -2.05. The number of nitrogens with zero attached hydrogens (tertiary/aromatic N) is 1. The minimum atomic E-state index is -1.09. The van der Waals surface area contributed by atoms with Gasteiger partial charge < -0.3 is 14.8 Å². The third kappa shape index (κ3) is 2.79. The van der Waals surface area contributed by atoms with E-state index in [0.717, 1.165) is 12.1 Å². The van der Waals surface area contributed by atoms with Crippen LogP contribution in [0.2, 0.25) is 0 Å². The first-order valence-corrected chi connectivity index (χ1v) is 6.65. The molecule has 116 valence electrons. The van der Waals surface area contributed by atoms with Crippen molar-refractivity contribution in [2.45, 2.75) is 6.54 Å². The Hall–Kier alpha value is -3.14. The van der Waals surface area contributed by atoms with Crippen LogP contribution in [0.5, 0.6) is 11.5 Å². The number of halogens is 2. The standard InChI is InChI=1S/C16H10F2N2O3/c17-11-4-9(6-19)5-12(18)14(11)16(21)20-7-10-2-1-3-13-15(10)23-8-22-13/h1-5H,7-8H2,(H,20,21). The van der Waals surface area contributed by atoms with E-state index in [4.69, 9.17) is 14.7 Å². The molecule has 0 aliphatic carbocycles. The molecule has 0 spiro atoms. The van der Waals surface area contributed by atoms with E-state index in [1.807, 2.05) is 0 Å². The van der Waals surface area contributed by atoms with Crippen molar-refractivity contribution in [3.05, 3.63) is 58.7 Å². The summed E-state index contributed by atoms with van der Waals surface area (Å²) >= 11 is 0. The third-order valence-corrected chi connectivity index (χ3v) is 3.32. The minimum Gasteiger partial charge on any atom is -0.454 e. The summed E-state index contributed by atoms with van der Waals surface area (Å²) in [6, 6.07) is 8.39. The van der Waals surface area contributed by atoms with Gasteiger partial charge in [0.2, 0.25) is 6.79 Å². The number of carbonyl (C=O) groups is 1. The summed E-state index contributed by atoms with van der Waals surface area (Å²) in [7, 11) is 0. The lowest BCUT2D eigenvalue weighted by Crippen LogP contribution is -2.25. The van der Waals surface area contributed by atoms with Crippen molar-refractivity contribution in [3.8, 4) is 17.6 Å². The summed E-state index contributed by atoms with van der Waals surface area (Å²) in [6.07, 6.45) is 0. The number of para-hydroxylation sites is 1. The third-order valence-electron chi connectivity index (χ3n) is 3.32. The molecule has 7 heteroatoms. The molecule has 1 N–H and O–H groups in total. The largest absolute Gasteiger partial charge is 0.454 e. The molecule has 0 bridgehead atoms. The number of hydrogen-bond acceptors (Lipinski definition) is 4. The Morgan fingerprint density at radius 2 is 2.00 bits per heavy atom. The van der Waals surface area contributed by atoms with Crippen LogP contribution in [-0.4, -0.2) is 12.7 Å². The lowest BCUT2D eigenvalue weighted by atomic mass is 10.1. The van der Waals surface area contributed by atoms with Gasteiger partial charge in [-0.1, -0.05) is 12.1 Å². The Balaban J connectivity index is 1.79. The van der Waals surface area contributed by atoms with E-state index in [2.05, 4.69) is 5.32 Å². The van der Waals surface area contributed by atoms with Gasteiger partial charge in [0.05, 0.1) is 11.6 Å². The SMILES string of the molecule is N#Cc1cc(F)c(C(=O)NCc2cccc3c2OCO3)c(F)c1. The highest BCUT2D eigenvalue weighted by atomic mass is 19.1. The van der Waals surface area contributed by atoms with Crippen molar-refractivity contribution < 1.29 is 23.0 Å². The first-order chi connectivity index (χ1) is 11.1. The summed E-state index contributed by atoms with van der Waals surface area (Å²) < 4.78 is 38.1. The van der Waals surface area contributed by atoms with Gasteiger partial charge in [0.15, 0.2) is 11.5 Å². The van der Waals surface area contributed by atoms with Crippen molar-refractivity contribution >= 4 is 5.91 Å². The molecular formula is C16H10F2N2O3. The van der Waals surface area contributed by atoms with Gasteiger partial charge >= 0.3 is 0 Å². The van der Waals surface area contributed by atoms with E-state index in [-0.39, 0.29) is 18.9 Å². The molecule has 1 aliphatic heterocycles. The Morgan fingerprint density at radius 1 is 1.26 bits per heavy atom. The Kier molecular flexibility index (Phi) is 3.81. The maximum Gasteiger partial charge on any atom is 0.257 e. The normalized spacial score (nSPS) is 11.9. The van der Waals surface area contributed by atoms with Crippen LogP contribution < -0.4 is 14.8 Å². The number of nitrogens with one attached hydrogen (secondary N) is 1. The number of benzene rings is 2. The van der Waals surface area contributed by atoms with Crippen molar-refractivity contribution in [2.75, 3.05) is 6.79 Å². The molecule has 5 nitrogen and oxygen atoms in total. The van der Waals surface area contributed by atoms with Crippen molar-refractivity contribution in [2.24, 2.45) is 0 Å². The monoisotopic (exact) mass is 316 g/mol. The highest BCUT2D eigenvalue weighted by Crippen LogP contribution is 2.35. The average molecular weight is 316 g/mol. The predicted octanol–water partition coefficient (Wildman–Crippen LogP) is 2.50.